The van der Waals surface area contributed by atoms with Crippen LogP contribution >= 0.6 is 0 Å². The first-order valence-electron chi connectivity index (χ1n) is 7.25. The van der Waals surface area contributed by atoms with Gasteiger partial charge in [0, 0.05) is 11.6 Å². The van der Waals surface area contributed by atoms with Crippen LogP contribution in [0.5, 0.6) is 0 Å². The Morgan fingerprint density at radius 1 is 1.26 bits per heavy atom. The minimum Gasteiger partial charge on any atom is -0.394 e. The number of halogens is 1. The molecule has 1 atom stereocenters. The molecule has 106 valence electrons. The molecule has 1 fully saturated rings. The van der Waals surface area contributed by atoms with Crippen molar-refractivity contribution in [2.24, 2.45) is 0 Å². The topological polar surface area (TPSA) is 32.3 Å². The zero-order chi connectivity index (χ0) is 13.7. The highest BCUT2D eigenvalue weighted by atomic mass is 19.1. The molecule has 0 spiro atoms. The Hall–Kier alpha value is -0.930. The molecule has 0 bridgehead atoms. The second-order valence-electron chi connectivity index (χ2n) is 5.97. The van der Waals surface area contributed by atoms with Crippen LogP contribution in [-0.2, 0) is 6.42 Å². The van der Waals surface area contributed by atoms with E-state index in [0.717, 1.165) is 12.8 Å². The van der Waals surface area contributed by atoms with Crippen LogP contribution < -0.4 is 5.32 Å². The molecule has 0 saturated heterocycles. The molecule has 19 heavy (non-hydrogen) atoms. The quantitative estimate of drug-likeness (QED) is 0.857. The van der Waals surface area contributed by atoms with E-state index in [-0.39, 0.29) is 12.4 Å². The maximum absolute atomic E-state index is 13.7. The van der Waals surface area contributed by atoms with Crippen molar-refractivity contribution < 1.29 is 9.50 Å². The van der Waals surface area contributed by atoms with Gasteiger partial charge >= 0.3 is 0 Å². The van der Waals surface area contributed by atoms with Crippen LogP contribution in [0.2, 0.25) is 0 Å². The first-order chi connectivity index (χ1) is 9.13. The molecular weight excluding hydrogens is 241 g/mol. The molecule has 2 N–H and O–H groups in total. The minimum atomic E-state index is -0.440. The molecule has 1 aromatic rings. The molecule has 2 rings (SSSR count). The average molecular weight is 265 g/mol. The molecular formula is C16H24FNO. The van der Waals surface area contributed by atoms with Crippen molar-refractivity contribution in [3.05, 3.63) is 35.6 Å². The summed E-state index contributed by atoms with van der Waals surface area (Å²) in [4.78, 5) is 0. The highest BCUT2D eigenvalue weighted by Crippen LogP contribution is 2.22. The molecule has 2 nitrogen and oxygen atoms in total. The zero-order valence-corrected chi connectivity index (χ0v) is 11.7. The van der Waals surface area contributed by atoms with Gasteiger partial charge in [-0.2, -0.15) is 0 Å². The SMILES string of the molecule is CC(CO)(Cc1ccccc1F)NC1CCCCC1. The molecule has 3 heteroatoms. The number of hydrogen-bond acceptors (Lipinski definition) is 2. The molecule has 1 saturated carbocycles. The first kappa shape index (κ1) is 14.5. The second kappa shape index (κ2) is 6.49. The summed E-state index contributed by atoms with van der Waals surface area (Å²) in [6, 6.07) is 7.28. The molecule has 1 aliphatic rings. The third-order valence-electron chi connectivity index (χ3n) is 4.05. The van der Waals surface area contributed by atoms with Crippen LogP contribution in [0.15, 0.2) is 24.3 Å². The van der Waals surface area contributed by atoms with Crippen LogP contribution in [0, 0.1) is 5.82 Å². The lowest BCUT2D eigenvalue weighted by Gasteiger charge is -2.35. The summed E-state index contributed by atoms with van der Waals surface area (Å²) >= 11 is 0. The van der Waals surface area contributed by atoms with Crippen molar-refractivity contribution in [2.45, 2.75) is 57.0 Å². The molecule has 1 unspecified atom stereocenters. The van der Waals surface area contributed by atoms with Crippen LogP contribution in [0.3, 0.4) is 0 Å². The summed E-state index contributed by atoms with van der Waals surface area (Å²) < 4.78 is 13.7. The fourth-order valence-corrected chi connectivity index (χ4v) is 2.95. The van der Waals surface area contributed by atoms with E-state index in [1.54, 1.807) is 12.1 Å². The summed E-state index contributed by atoms with van der Waals surface area (Å²) in [7, 11) is 0. The van der Waals surface area contributed by atoms with Gasteiger partial charge in [-0.1, -0.05) is 37.5 Å². The van der Waals surface area contributed by atoms with Gasteiger partial charge in [-0.3, -0.25) is 0 Å². The predicted octanol–water partition coefficient (Wildman–Crippen LogP) is 3.04. The molecule has 0 radical (unpaired) electrons. The number of aliphatic hydroxyl groups excluding tert-OH is 1. The van der Waals surface area contributed by atoms with E-state index in [2.05, 4.69) is 5.32 Å². The van der Waals surface area contributed by atoms with Gasteiger partial charge in [0.25, 0.3) is 0 Å². The first-order valence-corrected chi connectivity index (χ1v) is 7.25. The highest BCUT2D eigenvalue weighted by molar-refractivity contribution is 5.20. The van der Waals surface area contributed by atoms with Gasteiger partial charge in [0.1, 0.15) is 5.82 Å². The molecule has 0 amide bonds. The average Bonchev–Trinajstić information content (AvgIpc) is 2.42. The van der Waals surface area contributed by atoms with Gasteiger partial charge in [0.05, 0.1) is 6.61 Å². The Kier molecular flexibility index (Phi) is 4.94. The van der Waals surface area contributed by atoms with Crippen molar-refractivity contribution >= 4 is 0 Å². The Balaban J connectivity index is 2.02. The lowest BCUT2D eigenvalue weighted by molar-refractivity contribution is 0.149. The van der Waals surface area contributed by atoms with Gasteiger partial charge in [0.15, 0.2) is 0 Å². The maximum Gasteiger partial charge on any atom is 0.126 e. The summed E-state index contributed by atoms with van der Waals surface area (Å²) in [5.74, 6) is -0.187. The Morgan fingerprint density at radius 2 is 1.95 bits per heavy atom. The molecule has 0 heterocycles. The Labute approximate surface area is 115 Å². The zero-order valence-electron chi connectivity index (χ0n) is 11.7. The third-order valence-corrected chi connectivity index (χ3v) is 4.05. The van der Waals surface area contributed by atoms with Crippen molar-refractivity contribution in [2.75, 3.05) is 6.61 Å². The fraction of sp³-hybridized carbons (Fsp3) is 0.625. The Morgan fingerprint density at radius 3 is 2.58 bits per heavy atom. The third kappa shape index (κ3) is 4.02. The molecule has 0 aliphatic heterocycles. The van der Waals surface area contributed by atoms with E-state index in [9.17, 15) is 9.50 Å². The van der Waals surface area contributed by atoms with E-state index in [1.165, 1.54) is 25.3 Å². The predicted molar refractivity (Wildman–Crippen MR) is 75.6 cm³/mol. The van der Waals surface area contributed by atoms with Gasteiger partial charge in [-0.15, -0.1) is 0 Å². The van der Waals surface area contributed by atoms with E-state index in [4.69, 9.17) is 0 Å². The van der Waals surface area contributed by atoms with E-state index in [0.29, 0.717) is 18.0 Å². The second-order valence-corrected chi connectivity index (χ2v) is 5.97. The summed E-state index contributed by atoms with van der Waals surface area (Å²) in [5.41, 5.74) is 0.229. The van der Waals surface area contributed by atoms with E-state index in [1.807, 2.05) is 13.0 Å². The van der Waals surface area contributed by atoms with Crippen LogP contribution in [-0.4, -0.2) is 23.3 Å². The van der Waals surface area contributed by atoms with Crippen molar-refractivity contribution in [1.29, 1.82) is 0 Å². The number of rotatable bonds is 5. The van der Waals surface area contributed by atoms with E-state index >= 15 is 0 Å². The lowest BCUT2D eigenvalue weighted by atomic mass is 9.88. The van der Waals surface area contributed by atoms with Gasteiger partial charge < -0.3 is 10.4 Å². The van der Waals surface area contributed by atoms with E-state index < -0.39 is 5.54 Å². The Bertz CT molecular complexity index is 403. The lowest BCUT2D eigenvalue weighted by Crippen LogP contribution is -2.53. The highest BCUT2D eigenvalue weighted by Gasteiger charge is 2.28. The van der Waals surface area contributed by atoms with Crippen LogP contribution in [0.25, 0.3) is 0 Å². The maximum atomic E-state index is 13.7. The largest absolute Gasteiger partial charge is 0.394 e. The number of hydrogen-bond donors (Lipinski definition) is 2. The van der Waals surface area contributed by atoms with Crippen LogP contribution in [0.1, 0.15) is 44.6 Å². The molecule has 1 aliphatic carbocycles. The number of benzene rings is 1. The summed E-state index contributed by atoms with van der Waals surface area (Å²) in [6.07, 6.45) is 6.64. The minimum absolute atomic E-state index is 0.0256. The summed E-state index contributed by atoms with van der Waals surface area (Å²) in [6.45, 7) is 2.01. The number of aliphatic hydroxyl groups is 1. The summed E-state index contributed by atoms with van der Waals surface area (Å²) in [5, 5.41) is 13.2. The van der Waals surface area contributed by atoms with Crippen LogP contribution in [0.4, 0.5) is 4.39 Å². The standard InChI is InChI=1S/C16H24FNO/c1-16(12-19,18-14-8-3-2-4-9-14)11-13-7-5-6-10-15(13)17/h5-7,10,14,18-19H,2-4,8-9,11-12H2,1H3. The van der Waals surface area contributed by atoms with Crippen molar-refractivity contribution in [3.8, 4) is 0 Å². The fourth-order valence-electron chi connectivity index (χ4n) is 2.95. The van der Waals surface area contributed by atoms with Gasteiger partial charge in [0.2, 0.25) is 0 Å². The molecule has 0 aromatic heterocycles. The number of nitrogens with one attached hydrogen (secondary N) is 1. The monoisotopic (exact) mass is 265 g/mol. The molecule has 1 aromatic carbocycles. The smallest absolute Gasteiger partial charge is 0.126 e. The van der Waals surface area contributed by atoms with Crippen molar-refractivity contribution in [3.63, 3.8) is 0 Å². The van der Waals surface area contributed by atoms with Gasteiger partial charge in [-0.25, -0.2) is 4.39 Å². The normalized spacial score (nSPS) is 20.2. The van der Waals surface area contributed by atoms with Crippen molar-refractivity contribution in [1.82, 2.24) is 5.32 Å². The van der Waals surface area contributed by atoms with Gasteiger partial charge in [-0.05, 0) is 37.8 Å².